The molecule has 84 valence electrons. The number of carbonyl (C=O) groups is 2. The van der Waals surface area contributed by atoms with E-state index in [9.17, 15) is 9.59 Å². The van der Waals surface area contributed by atoms with Gasteiger partial charge in [-0.2, -0.15) is 0 Å². The van der Waals surface area contributed by atoms with Crippen LogP contribution in [0.3, 0.4) is 0 Å². The van der Waals surface area contributed by atoms with Crippen LogP contribution in [0, 0.1) is 17.8 Å². The predicted octanol–water partition coefficient (Wildman–Crippen LogP) is 1.94. The van der Waals surface area contributed by atoms with Crippen molar-refractivity contribution in [3.8, 4) is 0 Å². The topological polar surface area (TPSA) is 43.4 Å². The molecule has 2 fully saturated rings. The van der Waals surface area contributed by atoms with E-state index in [-0.39, 0.29) is 17.7 Å². The summed E-state index contributed by atoms with van der Waals surface area (Å²) in [6, 6.07) is 0. The molecule has 0 heterocycles. The van der Waals surface area contributed by atoms with Crippen LogP contribution >= 0.6 is 0 Å². The second-order valence-electron chi connectivity index (χ2n) is 4.71. The first-order chi connectivity index (χ1) is 7.24. The van der Waals surface area contributed by atoms with Gasteiger partial charge in [-0.25, -0.2) is 0 Å². The molecule has 0 aliphatic heterocycles. The van der Waals surface area contributed by atoms with E-state index in [0.29, 0.717) is 12.3 Å². The van der Waals surface area contributed by atoms with Gasteiger partial charge in [-0.3, -0.25) is 9.59 Å². The molecule has 3 heteroatoms. The van der Waals surface area contributed by atoms with E-state index in [2.05, 4.69) is 4.74 Å². The highest BCUT2D eigenvalue weighted by Crippen LogP contribution is 2.40. The van der Waals surface area contributed by atoms with Gasteiger partial charge in [0.05, 0.1) is 7.11 Å². The molecule has 0 bridgehead atoms. The number of hydrogen-bond acceptors (Lipinski definition) is 3. The standard InChI is InChI=1S/C12H18O3/c1-15-12(14)10-7-6-8-4-2-3-5-9(8)11(10)13/h8-10H,2-7H2,1H3/t8-,9+,10-/m1/s1. The molecule has 0 radical (unpaired) electrons. The Kier molecular flexibility index (Phi) is 3.08. The number of carbonyl (C=O) groups excluding carboxylic acids is 2. The van der Waals surface area contributed by atoms with Crippen molar-refractivity contribution in [3.63, 3.8) is 0 Å². The molecule has 0 aromatic carbocycles. The first-order valence-electron chi connectivity index (χ1n) is 5.85. The molecular weight excluding hydrogens is 192 g/mol. The predicted molar refractivity (Wildman–Crippen MR) is 55.2 cm³/mol. The maximum Gasteiger partial charge on any atom is 0.316 e. The Bertz CT molecular complexity index is 272. The summed E-state index contributed by atoms with van der Waals surface area (Å²) in [5.74, 6) is 0.0555. The molecule has 0 saturated heterocycles. The number of Topliss-reactive ketones (excluding diaryl/α,β-unsaturated/α-hetero) is 1. The summed E-state index contributed by atoms with van der Waals surface area (Å²) in [5.41, 5.74) is 0. The number of rotatable bonds is 1. The third-order valence-electron chi connectivity index (χ3n) is 3.93. The van der Waals surface area contributed by atoms with Crippen molar-refractivity contribution in [2.45, 2.75) is 38.5 Å². The SMILES string of the molecule is COC(=O)[C@@H]1CC[C@H]2CCCC[C@@H]2C1=O. The van der Waals surface area contributed by atoms with Gasteiger partial charge >= 0.3 is 5.97 Å². The van der Waals surface area contributed by atoms with Gasteiger partial charge in [0.2, 0.25) is 0 Å². The highest BCUT2D eigenvalue weighted by molar-refractivity contribution is 6.00. The maximum atomic E-state index is 12.1. The second kappa shape index (κ2) is 4.33. The van der Waals surface area contributed by atoms with Gasteiger partial charge in [0.25, 0.3) is 0 Å². The molecule has 0 N–H and O–H groups in total. The van der Waals surface area contributed by atoms with E-state index in [1.807, 2.05) is 0 Å². The minimum Gasteiger partial charge on any atom is -0.468 e. The molecule has 2 aliphatic rings. The van der Waals surface area contributed by atoms with Gasteiger partial charge in [0.15, 0.2) is 0 Å². The summed E-state index contributed by atoms with van der Waals surface area (Å²) in [6.07, 6.45) is 6.27. The summed E-state index contributed by atoms with van der Waals surface area (Å²) >= 11 is 0. The normalized spacial score (nSPS) is 35.8. The van der Waals surface area contributed by atoms with Crippen molar-refractivity contribution >= 4 is 11.8 Å². The Labute approximate surface area is 90.2 Å². The Hall–Kier alpha value is -0.860. The Morgan fingerprint density at radius 3 is 2.67 bits per heavy atom. The molecule has 0 amide bonds. The zero-order valence-electron chi connectivity index (χ0n) is 9.20. The van der Waals surface area contributed by atoms with E-state index in [4.69, 9.17) is 0 Å². The van der Waals surface area contributed by atoms with E-state index >= 15 is 0 Å². The Morgan fingerprint density at radius 1 is 1.20 bits per heavy atom. The molecule has 0 aromatic rings. The summed E-state index contributed by atoms with van der Waals surface area (Å²) < 4.78 is 4.68. The number of ketones is 1. The van der Waals surface area contributed by atoms with Crippen molar-refractivity contribution < 1.29 is 14.3 Å². The van der Waals surface area contributed by atoms with Gasteiger partial charge in [0, 0.05) is 5.92 Å². The number of methoxy groups -OCH3 is 1. The van der Waals surface area contributed by atoms with Crippen LogP contribution in [0.25, 0.3) is 0 Å². The van der Waals surface area contributed by atoms with Gasteiger partial charge in [0.1, 0.15) is 11.7 Å². The number of hydrogen-bond donors (Lipinski definition) is 0. The third kappa shape index (κ3) is 1.92. The molecule has 0 aromatic heterocycles. The molecule has 2 aliphatic carbocycles. The lowest BCUT2D eigenvalue weighted by Crippen LogP contribution is -2.40. The Balaban J connectivity index is 2.08. The van der Waals surface area contributed by atoms with Crippen LogP contribution in [0.1, 0.15) is 38.5 Å². The van der Waals surface area contributed by atoms with Crippen LogP contribution in [0.4, 0.5) is 0 Å². The number of esters is 1. The van der Waals surface area contributed by atoms with Crippen LogP contribution in [0.5, 0.6) is 0 Å². The van der Waals surface area contributed by atoms with Gasteiger partial charge in [-0.1, -0.05) is 12.8 Å². The number of fused-ring (bicyclic) bond motifs is 1. The average Bonchev–Trinajstić information content (AvgIpc) is 2.29. The smallest absolute Gasteiger partial charge is 0.316 e. The van der Waals surface area contributed by atoms with Crippen LogP contribution in [0.15, 0.2) is 0 Å². The highest BCUT2D eigenvalue weighted by Gasteiger charge is 2.42. The fraction of sp³-hybridized carbons (Fsp3) is 0.833. The van der Waals surface area contributed by atoms with Gasteiger partial charge < -0.3 is 4.74 Å². The zero-order chi connectivity index (χ0) is 10.8. The first kappa shape index (κ1) is 10.7. The molecule has 2 saturated carbocycles. The van der Waals surface area contributed by atoms with Crippen LogP contribution in [0.2, 0.25) is 0 Å². The lowest BCUT2D eigenvalue weighted by molar-refractivity contribution is -0.154. The van der Waals surface area contributed by atoms with Crippen molar-refractivity contribution in [1.82, 2.24) is 0 Å². The van der Waals surface area contributed by atoms with Crippen molar-refractivity contribution in [1.29, 1.82) is 0 Å². The van der Waals surface area contributed by atoms with Crippen LogP contribution in [-0.2, 0) is 14.3 Å². The fourth-order valence-corrected chi connectivity index (χ4v) is 3.09. The molecule has 0 unspecified atom stereocenters. The van der Waals surface area contributed by atoms with E-state index in [0.717, 1.165) is 19.3 Å². The van der Waals surface area contributed by atoms with Crippen molar-refractivity contribution in [2.75, 3.05) is 7.11 Å². The second-order valence-corrected chi connectivity index (χ2v) is 4.71. The van der Waals surface area contributed by atoms with Crippen molar-refractivity contribution in [2.24, 2.45) is 17.8 Å². The average molecular weight is 210 g/mol. The minimum absolute atomic E-state index is 0.150. The highest BCUT2D eigenvalue weighted by atomic mass is 16.5. The monoisotopic (exact) mass is 210 g/mol. The van der Waals surface area contributed by atoms with E-state index in [1.165, 1.54) is 20.0 Å². The fourth-order valence-electron chi connectivity index (χ4n) is 3.09. The molecule has 15 heavy (non-hydrogen) atoms. The molecule has 3 nitrogen and oxygen atoms in total. The lowest BCUT2D eigenvalue weighted by atomic mass is 9.67. The maximum absolute atomic E-state index is 12.1. The molecule has 3 atom stereocenters. The quantitative estimate of drug-likeness (QED) is 0.490. The first-order valence-corrected chi connectivity index (χ1v) is 5.85. The summed E-state index contributed by atoms with van der Waals surface area (Å²) in [7, 11) is 1.36. The Morgan fingerprint density at radius 2 is 1.93 bits per heavy atom. The van der Waals surface area contributed by atoms with Crippen LogP contribution in [-0.4, -0.2) is 18.9 Å². The summed E-state index contributed by atoms with van der Waals surface area (Å²) in [6.45, 7) is 0. The summed E-state index contributed by atoms with van der Waals surface area (Å²) in [4.78, 5) is 23.5. The largest absolute Gasteiger partial charge is 0.468 e. The van der Waals surface area contributed by atoms with Gasteiger partial charge in [-0.15, -0.1) is 0 Å². The molecule has 2 rings (SSSR count). The summed E-state index contributed by atoms with van der Waals surface area (Å²) in [5, 5.41) is 0. The number of ether oxygens (including phenoxy) is 1. The van der Waals surface area contributed by atoms with E-state index < -0.39 is 5.92 Å². The zero-order valence-corrected chi connectivity index (χ0v) is 9.20. The third-order valence-corrected chi connectivity index (χ3v) is 3.93. The minimum atomic E-state index is -0.464. The van der Waals surface area contributed by atoms with Crippen molar-refractivity contribution in [3.05, 3.63) is 0 Å². The van der Waals surface area contributed by atoms with Crippen LogP contribution < -0.4 is 0 Å². The molecule has 0 spiro atoms. The van der Waals surface area contributed by atoms with E-state index in [1.54, 1.807) is 0 Å². The molecular formula is C12H18O3. The lowest BCUT2D eigenvalue weighted by Gasteiger charge is -2.36. The van der Waals surface area contributed by atoms with Gasteiger partial charge in [-0.05, 0) is 31.6 Å².